The van der Waals surface area contributed by atoms with Crippen molar-refractivity contribution in [3.8, 4) is 0 Å². The van der Waals surface area contributed by atoms with E-state index in [2.05, 4.69) is 10.3 Å². The largest absolute Gasteiger partial charge is 0.364 e. The minimum atomic E-state index is -0.659. The molecule has 1 aliphatic rings. The van der Waals surface area contributed by atoms with Gasteiger partial charge >= 0.3 is 0 Å². The quantitative estimate of drug-likeness (QED) is 0.910. The summed E-state index contributed by atoms with van der Waals surface area (Å²) in [6.07, 6.45) is 4.60. The van der Waals surface area contributed by atoms with Crippen molar-refractivity contribution in [2.45, 2.75) is 25.3 Å². The molecule has 23 heavy (non-hydrogen) atoms. The van der Waals surface area contributed by atoms with Crippen molar-refractivity contribution in [1.29, 1.82) is 0 Å². The maximum Gasteiger partial charge on any atom is 0.270 e. The molecule has 1 atom stereocenters. The monoisotopic (exact) mass is 313 g/mol. The number of benzene rings is 1. The summed E-state index contributed by atoms with van der Waals surface area (Å²) in [7, 11) is 0. The molecular formula is C16H19N5O2. The van der Waals surface area contributed by atoms with E-state index in [9.17, 15) is 9.59 Å². The van der Waals surface area contributed by atoms with Crippen LogP contribution in [0.3, 0.4) is 0 Å². The Morgan fingerprint density at radius 2 is 1.78 bits per heavy atom. The predicted molar refractivity (Wildman–Crippen MR) is 83.6 cm³/mol. The third-order valence-electron chi connectivity index (χ3n) is 4.04. The number of primary amides is 1. The highest BCUT2D eigenvalue weighted by molar-refractivity contribution is 5.90. The highest BCUT2D eigenvalue weighted by atomic mass is 16.2. The lowest BCUT2D eigenvalue weighted by atomic mass is 10.0. The third-order valence-corrected chi connectivity index (χ3v) is 4.04. The molecule has 0 radical (unpaired) electrons. The molecule has 0 bridgehead atoms. The molecule has 7 heteroatoms. The summed E-state index contributed by atoms with van der Waals surface area (Å²) in [5.41, 5.74) is 6.10. The van der Waals surface area contributed by atoms with Gasteiger partial charge in [-0.05, 0) is 24.8 Å². The lowest BCUT2D eigenvalue weighted by Gasteiger charge is -2.30. The maximum absolute atomic E-state index is 13.0. The number of amides is 2. The van der Waals surface area contributed by atoms with Gasteiger partial charge in [-0.25, -0.2) is 4.68 Å². The molecule has 120 valence electrons. The Labute approximate surface area is 134 Å². The first-order valence-electron chi connectivity index (χ1n) is 7.72. The van der Waals surface area contributed by atoms with Gasteiger partial charge in [0, 0.05) is 13.1 Å². The molecule has 3 rings (SSSR count). The molecule has 2 heterocycles. The summed E-state index contributed by atoms with van der Waals surface area (Å²) in [5, 5.41) is 7.71. The number of rotatable bonds is 4. The second kappa shape index (κ2) is 6.60. The number of hydrogen-bond acceptors (Lipinski definition) is 4. The Kier molecular flexibility index (Phi) is 4.36. The molecule has 1 fully saturated rings. The second-order valence-corrected chi connectivity index (χ2v) is 5.65. The van der Waals surface area contributed by atoms with E-state index in [0.717, 1.165) is 37.9 Å². The van der Waals surface area contributed by atoms with E-state index in [-0.39, 0.29) is 11.6 Å². The molecule has 2 amide bonds. The molecule has 1 aliphatic heterocycles. The van der Waals surface area contributed by atoms with Gasteiger partial charge in [0.1, 0.15) is 0 Å². The van der Waals surface area contributed by atoms with Crippen molar-refractivity contribution in [2.24, 2.45) is 5.73 Å². The second-order valence-electron chi connectivity index (χ2n) is 5.65. The highest BCUT2D eigenvalue weighted by Gasteiger charge is 2.29. The van der Waals surface area contributed by atoms with Gasteiger partial charge in [-0.3, -0.25) is 9.59 Å². The number of nitrogens with two attached hydrogens (primary N) is 1. The summed E-state index contributed by atoms with van der Waals surface area (Å²) in [4.78, 5) is 26.1. The first kappa shape index (κ1) is 15.2. The zero-order chi connectivity index (χ0) is 16.2. The lowest BCUT2D eigenvalue weighted by Crippen LogP contribution is -2.41. The standard InChI is InChI=1S/C16H19N5O2/c17-15(22)13-11-21(19-18-13)14(12-7-3-1-4-8-12)16(23)20-9-5-2-6-10-20/h1,3-4,7-8,11,14H,2,5-6,9-10H2,(H2,17,22). The van der Waals surface area contributed by atoms with Gasteiger partial charge in [-0.2, -0.15) is 0 Å². The van der Waals surface area contributed by atoms with E-state index in [1.807, 2.05) is 35.2 Å². The van der Waals surface area contributed by atoms with Gasteiger partial charge in [0.2, 0.25) is 0 Å². The smallest absolute Gasteiger partial charge is 0.270 e. The molecular weight excluding hydrogens is 294 g/mol. The summed E-state index contributed by atoms with van der Waals surface area (Å²) >= 11 is 0. The molecule has 2 aromatic rings. The van der Waals surface area contributed by atoms with Crippen LogP contribution >= 0.6 is 0 Å². The van der Waals surface area contributed by atoms with Crippen LogP contribution < -0.4 is 5.73 Å². The zero-order valence-corrected chi connectivity index (χ0v) is 12.8. The Balaban J connectivity index is 1.96. The van der Waals surface area contributed by atoms with Gasteiger partial charge < -0.3 is 10.6 Å². The van der Waals surface area contributed by atoms with E-state index in [1.165, 1.54) is 10.9 Å². The molecule has 1 saturated heterocycles. The highest BCUT2D eigenvalue weighted by Crippen LogP contribution is 2.22. The number of hydrogen-bond donors (Lipinski definition) is 1. The summed E-state index contributed by atoms with van der Waals surface area (Å²) in [6, 6.07) is 8.75. The SMILES string of the molecule is NC(=O)c1cn(C(C(=O)N2CCCCC2)c2ccccc2)nn1. The number of nitrogens with zero attached hydrogens (tertiary/aromatic N) is 4. The minimum Gasteiger partial charge on any atom is -0.364 e. The van der Waals surface area contributed by atoms with E-state index in [0.29, 0.717) is 0 Å². The molecule has 1 unspecified atom stereocenters. The van der Waals surface area contributed by atoms with Crippen LogP contribution in [-0.2, 0) is 4.79 Å². The summed E-state index contributed by atoms with van der Waals surface area (Å²) in [5.74, 6) is -0.690. The van der Waals surface area contributed by atoms with Gasteiger partial charge in [0.05, 0.1) is 6.20 Å². The molecule has 0 saturated carbocycles. The van der Waals surface area contributed by atoms with Crippen LogP contribution in [0.15, 0.2) is 36.5 Å². The average molecular weight is 313 g/mol. The van der Waals surface area contributed by atoms with Crippen molar-refractivity contribution in [3.63, 3.8) is 0 Å². The number of aromatic nitrogens is 3. The van der Waals surface area contributed by atoms with Crippen LogP contribution in [0.25, 0.3) is 0 Å². The number of likely N-dealkylation sites (tertiary alicyclic amines) is 1. The lowest BCUT2D eigenvalue weighted by molar-refractivity contribution is -0.134. The first-order chi connectivity index (χ1) is 11.2. The fraction of sp³-hybridized carbons (Fsp3) is 0.375. The van der Waals surface area contributed by atoms with Crippen LogP contribution in [0, 0.1) is 0 Å². The average Bonchev–Trinajstić information content (AvgIpc) is 3.07. The van der Waals surface area contributed by atoms with Crippen LogP contribution in [0.2, 0.25) is 0 Å². The summed E-state index contributed by atoms with van der Waals surface area (Å²) in [6.45, 7) is 1.50. The maximum atomic E-state index is 13.0. The predicted octanol–water partition coefficient (Wildman–Crippen LogP) is 0.979. The molecule has 7 nitrogen and oxygen atoms in total. The number of carbonyl (C=O) groups is 2. The Morgan fingerprint density at radius 3 is 2.39 bits per heavy atom. The van der Waals surface area contributed by atoms with Crippen LogP contribution in [0.1, 0.15) is 41.4 Å². The minimum absolute atomic E-state index is 0.0307. The van der Waals surface area contributed by atoms with Crippen molar-refractivity contribution in [3.05, 3.63) is 47.8 Å². The molecule has 2 N–H and O–H groups in total. The topological polar surface area (TPSA) is 94.1 Å². The molecule has 1 aromatic carbocycles. The van der Waals surface area contributed by atoms with Crippen molar-refractivity contribution < 1.29 is 9.59 Å². The van der Waals surface area contributed by atoms with Gasteiger partial charge in [-0.1, -0.05) is 35.5 Å². The molecule has 1 aromatic heterocycles. The Morgan fingerprint density at radius 1 is 1.09 bits per heavy atom. The van der Waals surface area contributed by atoms with E-state index < -0.39 is 11.9 Å². The van der Waals surface area contributed by atoms with Crippen LogP contribution in [-0.4, -0.2) is 44.8 Å². The zero-order valence-electron chi connectivity index (χ0n) is 12.8. The fourth-order valence-electron chi connectivity index (χ4n) is 2.85. The third kappa shape index (κ3) is 3.23. The fourth-order valence-corrected chi connectivity index (χ4v) is 2.85. The number of carbonyl (C=O) groups excluding carboxylic acids is 2. The van der Waals surface area contributed by atoms with Gasteiger partial charge in [0.15, 0.2) is 11.7 Å². The van der Waals surface area contributed by atoms with Gasteiger partial charge in [-0.15, -0.1) is 5.10 Å². The van der Waals surface area contributed by atoms with Gasteiger partial charge in [0.25, 0.3) is 11.8 Å². The van der Waals surface area contributed by atoms with Crippen molar-refractivity contribution in [2.75, 3.05) is 13.1 Å². The molecule has 0 spiro atoms. The van der Waals surface area contributed by atoms with E-state index in [4.69, 9.17) is 5.73 Å². The first-order valence-corrected chi connectivity index (χ1v) is 7.72. The molecule has 0 aliphatic carbocycles. The normalized spacial score (nSPS) is 16.1. The van der Waals surface area contributed by atoms with Crippen molar-refractivity contribution in [1.82, 2.24) is 19.9 Å². The Hall–Kier alpha value is -2.70. The Bertz CT molecular complexity index is 692. The number of piperidine rings is 1. The van der Waals surface area contributed by atoms with E-state index in [1.54, 1.807) is 0 Å². The van der Waals surface area contributed by atoms with Crippen LogP contribution in [0.4, 0.5) is 0 Å². The van der Waals surface area contributed by atoms with Crippen LogP contribution in [0.5, 0.6) is 0 Å². The van der Waals surface area contributed by atoms with Crippen molar-refractivity contribution >= 4 is 11.8 Å². The summed E-state index contributed by atoms with van der Waals surface area (Å²) < 4.78 is 1.42. The van der Waals surface area contributed by atoms with E-state index >= 15 is 0 Å².